The Hall–Kier alpha value is -1.71. The first-order chi connectivity index (χ1) is 18.7. The van der Waals surface area contributed by atoms with E-state index in [2.05, 4.69) is 18.7 Å². The molecule has 5 aliphatic carbocycles. The molecule has 7 rings (SSSR count). The van der Waals surface area contributed by atoms with Crippen molar-refractivity contribution in [2.24, 2.45) is 34.5 Å². The Bertz CT molecular complexity index is 1160. The predicted octanol–water partition coefficient (Wildman–Crippen LogP) is 2.63. The second-order valence-corrected chi connectivity index (χ2v) is 13.4. The lowest BCUT2D eigenvalue weighted by atomic mass is 9.41. The van der Waals surface area contributed by atoms with Crippen LogP contribution in [0, 0.1) is 34.5 Å². The molecule has 8 nitrogen and oxygen atoms in total. The maximum Gasteiger partial charge on any atom is 0.338 e. The molecule has 1 aromatic rings. The van der Waals surface area contributed by atoms with E-state index in [-0.39, 0.29) is 41.2 Å². The lowest BCUT2D eigenvalue weighted by Crippen LogP contribution is -2.81. The number of fused-ring (bicyclic) bond motifs is 2. The third kappa shape index (κ3) is 2.85. The van der Waals surface area contributed by atoms with Gasteiger partial charge in [-0.25, -0.2) is 4.79 Å². The number of aliphatic hydroxyl groups excluding tert-OH is 1. The van der Waals surface area contributed by atoms with Gasteiger partial charge in [-0.05, 0) is 68.8 Å². The molecule has 1 saturated heterocycles. The van der Waals surface area contributed by atoms with Crippen molar-refractivity contribution in [1.82, 2.24) is 4.90 Å². The standard InChI is InChI=1S/C31H43NO7/c1-5-28-12-11-23(38-4)31-20-13-19-22(39-27(34)17-7-9-18(37-3)10-8-17)15-29(35,24(20)25(19)33)21(14-30(28,31)36)26(31)32(6-2)16-28/h7-10,19-26,33,35-36H,5-6,11-16H2,1-4H3/t19-,20-,21?,22+,23+,24-,25+,26?,28?,29+,30+,31-/m1/s1. The van der Waals surface area contributed by atoms with Crippen molar-refractivity contribution in [3.8, 4) is 5.75 Å². The molecule has 8 heteroatoms. The summed E-state index contributed by atoms with van der Waals surface area (Å²) in [4.78, 5) is 15.8. The Morgan fingerprint density at radius 1 is 1.10 bits per heavy atom. The molecule has 12 atom stereocenters. The minimum Gasteiger partial charge on any atom is -0.497 e. The van der Waals surface area contributed by atoms with E-state index < -0.39 is 34.8 Å². The van der Waals surface area contributed by atoms with Crippen LogP contribution in [0.3, 0.4) is 0 Å². The van der Waals surface area contributed by atoms with E-state index >= 15 is 0 Å². The fourth-order valence-electron chi connectivity index (χ4n) is 11.5. The number of methoxy groups -OCH3 is 2. The second-order valence-electron chi connectivity index (χ2n) is 13.4. The third-order valence-electron chi connectivity index (χ3n) is 12.9. The quantitative estimate of drug-likeness (QED) is 0.472. The first-order valence-corrected chi connectivity index (χ1v) is 14.9. The molecule has 1 aromatic carbocycles. The molecule has 1 aliphatic heterocycles. The largest absolute Gasteiger partial charge is 0.497 e. The van der Waals surface area contributed by atoms with E-state index in [0.29, 0.717) is 30.6 Å². The van der Waals surface area contributed by atoms with Gasteiger partial charge < -0.3 is 29.5 Å². The first kappa shape index (κ1) is 26.2. The zero-order valence-corrected chi connectivity index (χ0v) is 23.5. The summed E-state index contributed by atoms with van der Waals surface area (Å²) in [7, 11) is 3.34. The van der Waals surface area contributed by atoms with Gasteiger partial charge in [0.25, 0.3) is 0 Å². The van der Waals surface area contributed by atoms with Crippen LogP contribution in [-0.4, -0.2) is 89.1 Å². The highest BCUT2D eigenvalue weighted by molar-refractivity contribution is 5.89. The number of piperidine rings is 1. The van der Waals surface area contributed by atoms with E-state index in [9.17, 15) is 20.1 Å². The molecule has 0 amide bonds. The minimum atomic E-state index is -1.24. The number of carbonyl (C=O) groups is 1. The van der Waals surface area contributed by atoms with Gasteiger partial charge in [0.2, 0.25) is 0 Å². The van der Waals surface area contributed by atoms with E-state index in [0.717, 1.165) is 32.4 Å². The van der Waals surface area contributed by atoms with Crippen molar-refractivity contribution >= 4 is 5.97 Å². The predicted molar refractivity (Wildman–Crippen MR) is 142 cm³/mol. The number of aliphatic hydroxyl groups is 3. The zero-order valence-electron chi connectivity index (χ0n) is 23.5. The van der Waals surface area contributed by atoms with Crippen molar-refractivity contribution in [1.29, 1.82) is 0 Å². The molecule has 39 heavy (non-hydrogen) atoms. The lowest BCUT2D eigenvalue weighted by Gasteiger charge is -2.72. The second kappa shape index (κ2) is 8.41. The molecular formula is C31H43NO7. The van der Waals surface area contributed by atoms with Crippen LogP contribution in [0.5, 0.6) is 5.75 Å². The molecule has 3 unspecified atom stereocenters. The summed E-state index contributed by atoms with van der Waals surface area (Å²) >= 11 is 0. The van der Waals surface area contributed by atoms with Crippen LogP contribution >= 0.6 is 0 Å². The molecule has 3 N–H and O–H groups in total. The van der Waals surface area contributed by atoms with Crippen LogP contribution in [0.1, 0.15) is 62.7 Å². The van der Waals surface area contributed by atoms with Crippen LogP contribution in [0.4, 0.5) is 0 Å². The fourth-order valence-corrected chi connectivity index (χ4v) is 11.5. The number of nitrogens with zero attached hydrogens (tertiary/aromatic N) is 1. The Morgan fingerprint density at radius 2 is 1.85 bits per heavy atom. The van der Waals surface area contributed by atoms with Gasteiger partial charge in [-0.3, -0.25) is 4.90 Å². The minimum absolute atomic E-state index is 0.0364. The lowest BCUT2D eigenvalue weighted by molar-refractivity contribution is -0.319. The van der Waals surface area contributed by atoms with Crippen LogP contribution in [0.2, 0.25) is 0 Å². The summed E-state index contributed by atoms with van der Waals surface area (Å²) < 4.78 is 17.6. The summed E-state index contributed by atoms with van der Waals surface area (Å²) in [5.41, 5.74) is -2.62. The summed E-state index contributed by atoms with van der Waals surface area (Å²) in [6.45, 7) is 6.04. The monoisotopic (exact) mass is 541 g/mol. The molecule has 214 valence electrons. The molecule has 7 bridgehead atoms. The molecule has 6 aliphatic rings. The van der Waals surface area contributed by atoms with E-state index in [1.165, 1.54) is 0 Å². The molecule has 0 aromatic heterocycles. The van der Waals surface area contributed by atoms with Crippen molar-refractivity contribution in [3.05, 3.63) is 29.8 Å². The summed E-state index contributed by atoms with van der Waals surface area (Å²) in [6.07, 6.45) is 2.52. The van der Waals surface area contributed by atoms with Gasteiger partial charge >= 0.3 is 5.97 Å². The number of likely N-dealkylation sites (tertiary alicyclic amines) is 1. The molecular weight excluding hydrogens is 498 g/mol. The van der Waals surface area contributed by atoms with Gasteiger partial charge in [0.15, 0.2) is 0 Å². The van der Waals surface area contributed by atoms with E-state index in [1.807, 2.05) is 0 Å². The van der Waals surface area contributed by atoms with Gasteiger partial charge in [-0.1, -0.05) is 13.8 Å². The average Bonchev–Trinajstić information content (AvgIpc) is 3.33. The number of hydrogen-bond donors (Lipinski definition) is 3. The topological polar surface area (TPSA) is 109 Å². The maximum absolute atomic E-state index is 13.2. The van der Waals surface area contributed by atoms with Crippen molar-refractivity contribution in [3.63, 3.8) is 0 Å². The zero-order chi connectivity index (χ0) is 27.5. The summed E-state index contributed by atoms with van der Waals surface area (Å²) in [5.74, 6) is -0.798. The number of carbonyl (C=O) groups excluding carboxylic acids is 1. The SMILES string of the molecule is CCN1CC2(CC)CC[C@H](OC)[C@]34C1C(C[C@]23O)[C@@]1(O)C[C@H](OC(=O)c2ccc(OC)cc2)[C@H]2C[C@@H]4[C@@H]1[C@H]2O. The normalized spacial score (nSPS) is 51.1. The first-order valence-electron chi connectivity index (χ1n) is 14.9. The van der Waals surface area contributed by atoms with Crippen molar-refractivity contribution < 1.29 is 34.3 Å². The highest BCUT2D eigenvalue weighted by Crippen LogP contribution is 2.80. The number of esters is 1. The van der Waals surface area contributed by atoms with Crippen LogP contribution in [-0.2, 0) is 9.47 Å². The van der Waals surface area contributed by atoms with Gasteiger partial charge in [0.05, 0.1) is 36.1 Å². The molecule has 5 saturated carbocycles. The fraction of sp³-hybridized carbons (Fsp3) is 0.774. The van der Waals surface area contributed by atoms with Gasteiger partial charge in [-0.2, -0.15) is 0 Å². The van der Waals surface area contributed by atoms with E-state index in [4.69, 9.17) is 14.2 Å². The Balaban J connectivity index is 1.32. The van der Waals surface area contributed by atoms with Crippen LogP contribution in [0.15, 0.2) is 24.3 Å². The molecule has 1 spiro atoms. The number of benzene rings is 1. The highest BCUT2D eigenvalue weighted by atomic mass is 16.5. The highest BCUT2D eigenvalue weighted by Gasteiger charge is 2.88. The summed E-state index contributed by atoms with van der Waals surface area (Å²) in [5, 5.41) is 37.5. The molecule has 6 fully saturated rings. The number of hydrogen-bond acceptors (Lipinski definition) is 8. The van der Waals surface area contributed by atoms with Crippen LogP contribution < -0.4 is 4.74 Å². The van der Waals surface area contributed by atoms with E-state index in [1.54, 1.807) is 38.5 Å². The van der Waals surface area contributed by atoms with Gasteiger partial charge in [0, 0.05) is 54.7 Å². The summed E-state index contributed by atoms with van der Waals surface area (Å²) in [6, 6.07) is 6.78. The van der Waals surface area contributed by atoms with Crippen molar-refractivity contribution in [2.45, 2.75) is 87.9 Å². The Kier molecular flexibility index (Phi) is 5.65. The van der Waals surface area contributed by atoms with Crippen LogP contribution in [0.25, 0.3) is 0 Å². The molecule has 0 radical (unpaired) electrons. The molecule has 1 heterocycles. The van der Waals surface area contributed by atoms with Gasteiger partial charge in [-0.15, -0.1) is 0 Å². The number of ether oxygens (including phenoxy) is 3. The number of rotatable bonds is 6. The third-order valence-corrected chi connectivity index (χ3v) is 12.9. The van der Waals surface area contributed by atoms with Crippen molar-refractivity contribution in [2.75, 3.05) is 27.3 Å². The Morgan fingerprint density at radius 3 is 2.49 bits per heavy atom. The average molecular weight is 542 g/mol. The smallest absolute Gasteiger partial charge is 0.338 e. The maximum atomic E-state index is 13.2. The Labute approximate surface area is 230 Å². The van der Waals surface area contributed by atoms with Gasteiger partial charge in [0.1, 0.15) is 11.9 Å².